The molecule has 0 atom stereocenters. The van der Waals surface area contributed by atoms with Crippen molar-refractivity contribution in [2.75, 3.05) is 13.2 Å². The topological polar surface area (TPSA) is 84.2 Å². The number of aliphatic hydroxyl groups is 1. The summed E-state index contributed by atoms with van der Waals surface area (Å²) in [6.07, 6.45) is 2.70. The zero-order chi connectivity index (χ0) is 14.7. The fourth-order valence-corrected chi connectivity index (χ4v) is 3.25. The summed E-state index contributed by atoms with van der Waals surface area (Å²) in [5.41, 5.74) is -0.450. The highest BCUT2D eigenvalue weighted by molar-refractivity contribution is 7.89. The van der Waals surface area contributed by atoms with Gasteiger partial charge in [0, 0.05) is 25.6 Å². The highest BCUT2D eigenvalue weighted by Crippen LogP contribution is 2.26. The van der Waals surface area contributed by atoms with Gasteiger partial charge in [0.25, 0.3) is 10.0 Å². The molecule has 0 aliphatic rings. The summed E-state index contributed by atoms with van der Waals surface area (Å²) in [5.74, 6) is 0. The number of hydrogen-bond acceptors (Lipinski definition) is 4. The molecule has 2 N–H and O–H groups in total. The van der Waals surface area contributed by atoms with Crippen molar-refractivity contribution in [1.82, 2.24) is 14.3 Å². The summed E-state index contributed by atoms with van der Waals surface area (Å²) in [4.78, 5) is 3.78. The zero-order valence-electron chi connectivity index (χ0n) is 11.4. The first-order valence-corrected chi connectivity index (χ1v) is 7.95. The van der Waals surface area contributed by atoms with Crippen molar-refractivity contribution >= 4 is 21.6 Å². The van der Waals surface area contributed by atoms with Crippen molar-refractivity contribution in [2.24, 2.45) is 12.5 Å². The van der Waals surface area contributed by atoms with Gasteiger partial charge < -0.3 is 9.67 Å². The van der Waals surface area contributed by atoms with Crippen LogP contribution in [0.2, 0.25) is 5.15 Å². The number of halogens is 1. The fraction of sp³-hybridized carbons (Fsp3) is 0.727. The number of nitrogens with one attached hydrogen (secondary N) is 1. The lowest BCUT2D eigenvalue weighted by atomic mass is 9.84. The molecule has 0 radical (unpaired) electrons. The normalized spacial score (nSPS) is 12.9. The Bertz CT molecular complexity index is 515. The summed E-state index contributed by atoms with van der Waals surface area (Å²) in [6, 6.07) is 0. The molecule has 1 rings (SSSR count). The molecule has 0 unspecified atom stereocenters. The molecule has 110 valence electrons. The third kappa shape index (κ3) is 3.47. The molecule has 8 heteroatoms. The molecule has 0 aromatic carbocycles. The lowest BCUT2D eigenvalue weighted by molar-refractivity contribution is 0.119. The van der Waals surface area contributed by atoms with Crippen molar-refractivity contribution in [3.8, 4) is 0 Å². The molecule has 0 amide bonds. The Hall–Kier alpha value is -0.630. The van der Waals surface area contributed by atoms with Crippen LogP contribution in [-0.4, -0.2) is 36.2 Å². The SMILES string of the molecule is CCC(CC)(CO)CNS(=O)(=O)c1ncn(C)c1Cl. The van der Waals surface area contributed by atoms with Crippen LogP contribution in [0.15, 0.2) is 11.4 Å². The van der Waals surface area contributed by atoms with Gasteiger partial charge in [-0.3, -0.25) is 0 Å². The van der Waals surface area contributed by atoms with Gasteiger partial charge >= 0.3 is 0 Å². The average Bonchev–Trinajstić information content (AvgIpc) is 2.73. The summed E-state index contributed by atoms with van der Waals surface area (Å²) in [5, 5.41) is 9.30. The third-order valence-corrected chi connectivity index (χ3v) is 5.45. The van der Waals surface area contributed by atoms with E-state index in [9.17, 15) is 13.5 Å². The predicted octanol–water partition coefficient (Wildman–Crippen LogP) is 1.15. The van der Waals surface area contributed by atoms with E-state index in [1.807, 2.05) is 13.8 Å². The minimum Gasteiger partial charge on any atom is -0.396 e. The monoisotopic (exact) mass is 309 g/mol. The number of aromatic nitrogens is 2. The van der Waals surface area contributed by atoms with Crippen LogP contribution >= 0.6 is 11.6 Å². The number of aryl methyl sites for hydroxylation is 1. The van der Waals surface area contributed by atoms with E-state index < -0.39 is 15.4 Å². The molecule has 0 bridgehead atoms. The molecule has 1 aromatic heterocycles. The number of sulfonamides is 1. The van der Waals surface area contributed by atoms with Gasteiger partial charge in [-0.1, -0.05) is 25.4 Å². The van der Waals surface area contributed by atoms with Gasteiger partial charge in [-0.2, -0.15) is 0 Å². The molecule has 19 heavy (non-hydrogen) atoms. The Morgan fingerprint density at radius 3 is 2.42 bits per heavy atom. The predicted molar refractivity (Wildman–Crippen MR) is 73.5 cm³/mol. The van der Waals surface area contributed by atoms with Gasteiger partial charge in [0.05, 0.1) is 6.33 Å². The summed E-state index contributed by atoms with van der Waals surface area (Å²) in [6.45, 7) is 3.92. The molecule has 0 aliphatic carbocycles. The maximum Gasteiger partial charge on any atom is 0.261 e. The van der Waals surface area contributed by atoms with Gasteiger partial charge in [-0.25, -0.2) is 18.1 Å². The lowest BCUT2D eigenvalue weighted by Crippen LogP contribution is -2.39. The second kappa shape index (κ2) is 6.21. The number of nitrogens with zero attached hydrogens (tertiary/aromatic N) is 2. The van der Waals surface area contributed by atoms with E-state index in [0.717, 1.165) is 0 Å². The zero-order valence-corrected chi connectivity index (χ0v) is 12.9. The summed E-state index contributed by atoms with van der Waals surface area (Å²) >= 11 is 5.88. The van der Waals surface area contributed by atoms with E-state index in [2.05, 4.69) is 9.71 Å². The molecule has 6 nitrogen and oxygen atoms in total. The Kier molecular flexibility index (Phi) is 5.37. The van der Waals surface area contributed by atoms with Crippen LogP contribution in [0.5, 0.6) is 0 Å². The maximum absolute atomic E-state index is 12.1. The molecule has 0 aliphatic heterocycles. The smallest absolute Gasteiger partial charge is 0.261 e. The first-order valence-electron chi connectivity index (χ1n) is 6.09. The molecule has 0 spiro atoms. The van der Waals surface area contributed by atoms with E-state index >= 15 is 0 Å². The van der Waals surface area contributed by atoms with Crippen molar-refractivity contribution in [3.63, 3.8) is 0 Å². The number of aliphatic hydroxyl groups excluding tert-OH is 1. The number of hydrogen-bond donors (Lipinski definition) is 2. The van der Waals surface area contributed by atoms with Crippen LogP contribution in [0, 0.1) is 5.41 Å². The minimum atomic E-state index is -3.76. The summed E-state index contributed by atoms with van der Waals surface area (Å²) in [7, 11) is -2.14. The Morgan fingerprint density at radius 2 is 2.05 bits per heavy atom. The van der Waals surface area contributed by atoms with Crippen molar-refractivity contribution in [2.45, 2.75) is 31.7 Å². The average molecular weight is 310 g/mol. The second-order valence-electron chi connectivity index (χ2n) is 4.64. The highest BCUT2D eigenvalue weighted by atomic mass is 35.5. The standard InChI is InChI=1S/C11H20ClN3O3S/c1-4-11(5-2,7-16)6-14-19(17,18)10-9(12)15(3)8-13-10/h8,14,16H,4-7H2,1-3H3. The van der Waals surface area contributed by atoms with Crippen LogP contribution < -0.4 is 4.72 Å². The van der Waals surface area contributed by atoms with E-state index in [0.29, 0.717) is 12.8 Å². The van der Waals surface area contributed by atoms with Crippen molar-refractivity contribution < 1.29 is 13.5 Å². The van der Waals surface area contributed by atoms with Gasteiger partial charge in [-0.15, -0.1) is 0 Å². The molecule has 0 saturated heterocycles. The highest BCUT2D eigenvalue weighted by Gasteiger charge is 2.29. The Labute approximate surface area is 118 Å². The van der Waals surface area contributed by atoms with Crippen LogP contribution in [0.3, 0.4) is 0 Å². The van der Waals surface area contributed by atoms with E-state index in [-0.39, 0.29) is 23.3 Å². The fourth-order valence-electron chi connectivity index (χ4n) is 1.67. The molecular formula is C11H20ClN3O3S. The van der Waals surface area contributed by atoms with Crippen LogP contribution in [0.4, 0.5) is 0 Å². The van der Waals surface area contributed by atoms with E-state index in [1.165, 1.54) is 10.9 Å². The maximum atomic E-state index is 12.1. The first-order chi connectivity index (χ1) is 8.82. The molecule has 0 fully saturated rings. The Balaban J connectivity index is 2.90. The largest absolute Gasteiger partial charge is 0.396 e. The second-order valence-corrected chi connectivity index (χ2v) is 6.68. The Morgan fingerprint density at radius 1 is 1.47 bits per heavy atom. The van der Waals surface area contributed by atoms with Gasteiger partial charge in [-0.05, 0) is 12.8 Å². The quantitative estimate of drug-likeness (QED) is 0.791. The van der Waals surface area contributed by atoms with Crippen molar-refractivity contribution in [1.29, 1.82) is 0 Å². The van der Waals surface area contributed by atoms with E-state index in [1.54, 1.807) is 7.05 Å². The van der Waals surface area contributed by atoms with E-state index in [4.69, 9.17) is 11.6 Å². The van der Waals surface area contributed by atoms with Gasteiger partial charge in [0.1, 0.15) is 5.15 Å². The molecular weight excluding hydrogens is 290 g/mol. The van der Waals surface area contributed by atoms with Crippen LogP contribution in [0.25, 0.3) is 0 Å². The molecule has 1 heterocycles. The van der Waals surface area contributed by atoms with Gasteiger partial charge in [0.15, 0.2) is 0 Å². The lowest BCUT2D eigenvalue weighted by Gasteiger charge is -2.29. The minimum absolute atomic E-state index is 0.0649. The first kappa shape index (κ1) is 16.4. The van der Waals surface area contributed by atoms with Crippen molar-refractivity contribution in [3.05, 3.63) is 11.5 Å². The van der Waals surface area contributed by atoms with Crippen LogP contribution in [-0.2, 0) is 17.1 Å². The van der Waals surface area contributed by atoms with Crippen LogP contribution in [0.1, 0.15) is 26.7 Å². The van der Waals surface area contributed by atoms with Gasteiger partial charge in [0.2, 0.25) is 5.03 Å². The molecule has 1 aromatic rings. The number of rotatable bonds is 7. The number of imidazole rings is 1. The summed E-state index contributed by atoms with van der Waals surface area (Å²) < 4.78 is 28.1. The third-order valence-electron chi connectivity index (χ3n) is 3.56. The molecule has 0 saturated carbocycles.